The smallest absolute Gasteiger partial charge is 0.227 e. The van der Waals surface area contributed by atoms with Crippen LogP contribution in [0.2, 0.25) is 0 Å². The summed E-state index contributed by atoms with van der Waals surface area (Å²) in [6.45, 7) is 3.32. The Kier molecular flexibility index (Phi) is 5.07. The Bertz CT molecular complexity index is 917. The second kappa shape index (κ2) is 7.66. The van der Waals surface area contributed by atoms with Gasteiger partial charge < -0.3 is 9.80 Å². The van der Waals surface area contributed by atoms with E-state index in [1.807, 2.05) is 4.90 Å². The summed E-state index contributed by atoms with van der Waals surface area (Å²) >= 11 is 0. The molecule has 2 amide bonds. The molecule has 3 heterocycles. The lowest BCUT2D eigenvalue weighted by Crippen LogP contribution is -2.38. The highest BCUT2D eigenvalue weighted by Crippen LogP contribution is 2.30. The van der Waals surface area contributed by atoms with Gasteiger partial charge in [0.05, 0.1) is 18.2 Å². The first kappa shape index (κ1) is 18.5. The Morgan fingerprint density at radius 2 is 2.07 bits per heavy atom. The minimum absolute atomic E-state index is 0.0498. The summed E-state index contributed by atoms with van der Waals surface area (Å²) in [5.74, 6) is 0.289. The summed E-state index contributed by atoms with van der Waals surface area (Å²) in [6, 6.07) is 6.32. The summed E-state index contributed by atoms with van der Waals surface area (Å²) in [6.07, 6.45) is 4.31. The first-order valence-corrected chi connectivity index (χ1v) is 9.66. The van der Waals surface area contributed by atoms with Crippen LogP contribution in [0.15, 0.2) is 30.5 Å². The molecule has 1 aromatic carbocycles. The molecule has 146 valence electrons. The molecule has 0 radical (unpaired) electrons. The lowest BCUT2D eigenvalue weighted by Gasteiger charge is -2.29. The van der Waals surface area contributed by atoms with E-state index in [1.54, 1.807) is 36.2 Å². The highest BCUT2D eigenvalue weighted by molar-refractivity contribution is 5.79. The Balaban J connectivity index is 1.47. The minimum Gasteiger partial charge on any atom is -0.338 e. The SMILES string of the molecule is CC(=O)N1CCC[C@H]1c1ncc2c(n1)CCN(C(=O)Cc1ccccc1F)C2. The van der Waals surface area contributed by atoms with Gasteiger partial charge in [-0.2, -0.15) is 0 Å². The molecule has 0 aliphatic carbocycles. The summed E-state index contributed by atoms with van der Waals surface area (Å²) in [4.78, 5) is 37.2. The first-order valence-electron chi connectivity index (χ1n) is 9.66. The van der Waals surface area contributed by atoms with Crippen LogP contribution in [0.5, 0.6) is 0 Å². The summed E-state index contributed by atoms with van der Waals surface area (Å²) in [7, 11) is 0. The van der Waals surface area contributed by atoms with Gasteiger partial charge in [0, 0.05) is 44.7 Å². The van der Waals surface area contributed by atoms with E-state index in [9.17, 15) is 14.0 Å². The average molecular weight is 382 g/mol. The van der Waals surface area contributed by atoms with Crippen molar-refractivity contribution >= 4 is 11.8 Å². The van der Waals surface area contributed by atoms with E-state index >= 15 is 0 Å². The summed E-state index contributed by atoms with van der Waals surface area (Å²) < 4.78 is 13.8. The zero-order valence-corrected chi connectivity index (χ0v) is 15.9. The fraction of sp³-hybridized carbons (Fsp3) is 0.429. The average Bonchev–Trinajstić information content (AvgIpc) is 3.19. The van der Waals surface area contributed by atoms with Crippen LogP contribution >= 0.6 is 0 Å². The van der Waals surface area contributed by atoms with Gasteiger partial charge in [0.2, 0.25) is 11.8 Å². The number of halogens is 1. The van der Waals surface area contributed by atoms with Crippen LogP contribution in [0.4, 0.5) is 4.39 Å². The van der Waals surface area contributed by atoms with E-state index in [1.165, 1.54) is 6.07 Å². The van der Waals surface area contributed by atoms with E-state index in [-0.39, 0.29) is 30.1 Å². The van der Waals surface area contributed by atoms with Crippen molar-refractivity contribution in [3.63, 3.8) is 0 Å². The lowest BCUT2D eigenvalue weighted by molar-refractivity contribution is -0.131. The van der Waals surface area contributed by atoms with Crippen LogP contribution in [0.3, 0.4) is 0 Å². The van der Waals surface area contributed by atoms with Crippen molar-refractivity contribution in [2.45, 2.75) is 45.2 Å². The number of fused-ring (bicyclic) bond motifs is 1. The van der Waals surface area contributed by atoms with E-state index in [2.05, 4.69) is 4.98 Å². The Labute approximate surface area is 163 Å². The molecule has 6 nitrogen and oxygen atoms in total. The van der Waals surface area contributed by atoms with Gasteiger partial charge in [0.25, 0.3) is 0 Å². The molecule has 2 aromatic rings. The molecule has 1 atom stereocenters. The highest BCUT2D eigenvalue weighted by atomic mass is 19.1. The number of rotatable bonds is 3. The molecular weight excluding hydrogens is 359 g/mol. The standard InChI is InChI=1S/C21H23FN4O2/c1-14(27)26-9-4-7-19(26)21-23-12-16-13-25(10-8-18(16)24-21)20(28)11-15-5-2-3-6-17(15)22/h2-3,5-6,12,19H,4,7-11,13H2,1H3/t19-/m0/s1. The van der Waals surface area contributed by atoms with Crippen molar-refractivity contribution in [3.05, 3.63) is 58.9 Å². The van der Waals surface area contributed by atoms with Crippen molar-refractivity contribution < 1.29 is 14.0 Å². The maximum absolute atomic E-state index is 13.8. The molecule has 1 aromatic heterocycles. The van der Waals surface area contributed by atoms with Crippen molar-refractivity contribution in [1.82, 2.24) is 19.8 Å². The molecular formula is C21H23FN4O2. The van der Waals surface area contributed by atoms with E-state index in [4.69, 9.17) is 4.98 Å². The number of hydrogen-bond donors (Lipinski definition) is 0. The minimum atomic E-state index is -0.354. The fourth-order valence-corrected chi connectivity index (χ4v) is 4.03. The quantitative estimate of drug-likeness (QED) is 0.818. The van der Waals surface area contributed by atoms with Crippen molar-refractivity contribution in [2.75, 3.05) is 13.1 Å². The van der Waals surface area contributed by atoms with Gasteiger partial charge in [-0.05, 0) is 24.5 Å². The van der Waals surface area contributed by atoms with Crippen molar-refractivity contribution in [1.29, 1.82) is 0 Å². The molecule has 2 aliphatic rings. The predicted molar refractivity (Wildman–Crippen MR) is 101 cm³/mol. The van der Waals surface area contributed by atoms with Crippen molar-refractivity contribution in [2.24, 2.45) is 0 Å². The first-order chi connectivity index (χ1) is 13.5. The summed E-state index contributed by atoms with van der Waals surface area (Å²) in [5.41, 5.74) is 2.27. The molecule has 1 saturated heterocycles. The third-order valence-corrected chi connectivity index (χ3v) is 5.56. The Morgan fingerprint density at radius 3 is 2.86 bits per heavy atom. The number of likely N-dealkylation sites (tertiary alicyclic amines) is 1. The molecule has 4 rings (SSSR count). The van der Waals surface area contributed by atoms with Gasteiger partial charge in [0.15, 0.2) is 5.82 Å². The molecule has 0 saturated carbocycles. The number of carbonyl (C=O) groups excluding carboxylic acids is 2. The van der Waals surface area contributed by atoms with E-state index < -0.39 is 0 Å². The number of aromatic nitrogens is 2. The summed E-state index contributed by atoms with van der Waals surface area (Å²) in [5, 5.41) is 0. The normalized spacial score (nSPS) is 18.9. The van der Waals surface area contributed by atoms with Crippen LogP contribution in [0.25, 0.3) is 0 Å². The third-order valence-electron chi connectivity index (χ3n) is 5.56. The predicted octanol–water partition coefficient (Wildman–Crippen LogP) is 2.43. The molecule has 0 spiro atoms. The van der Waals surface area contributed by atoms with Gasteiger partial charge in [-0.3, -0.25) is 9.59 Å². The Hall–Kier alpha value is -2.83. The number of carbonyl (C=O) groups is 2. The zero-order valence-electron chi connectivity index (χ0n) is 15.9. The van der Waals surface area contributed by atoms with Gasteiger partial charge in [-0.1, -0.05) is 18.2 Å². The Morgan fingerprint density at radius 1 is 1.25 bits per heavy atom. The monoisotopic (exact) mass is 382 g/mol. The van der Waals surface area contributed by atoms with Gasteiger partial charge in [0.1, 0.15) is 5.82 Å². The second-order valence-corrected chi connectivity index (χ2v) is 7.40. The van der Waals surface area contributed by atoms with Gasteiger partial charge in [-0.15, -0.1) is 0 Å². The molecule has 28 heavy (non-hydrogen) atoms. The lowest BCUT2D eigenvalue weighted by atomic mass is 10.0. The molecule has 2 aliphatic heterocycles. The molecule has 1 fully saturated rings. The van der Waals surface area contributed by atoms with Crippen LogP contribution in [-0.2, 0) is 29.0 Å². The highest BCUT2D eigenvalue weighted by Gasteiger charge is 2.31. The maximum Gasteiger partial charge on any atom is 0.227 e. The van der Waals surface area contributed by atoms with Crippen LogP contribution in [-0.4, -0.2) is 44.7 Å². The molecule has 0 bridgehead atoms. The number of benzene rings is 1. The maximum atomic E-state index is 13.8. The largest absolute Gasteiger partial charge is 0.338 e. The third kappa shape index (κ3) is 3.61. The van der Waals surface area contributed by atoms with E-state index in [0.29, 0.717) is 30.9 Å². The second-order valence-electron chi connectivity index (χ2n) is 7.40. The van der Waals surface area contributed by atoms with Crippen LogP contribution < -0.4 is 0 Å². The zero-order chi connectivity index (χ0) is 19.7. The van der Waals surface area contributed by atoms with Crippen LogP contribution in [0.1, 0.15) is 48.5 Å². The molecule has 7 heteroatoms. The molecule has 0 N–H and O–H groups in total. The topological polar surface area (TPSA) is 66.4 Å². The fourth-order valence-electron chi connectivity index (χ4n) is 4.03. The number of amides is 2. The molecule has 0 unspecified atom stereocenters. The number of nitrogens with zero attached hydrogens (tertiary/aromatic N) is 4. The van der Waals surface area contributed by atoms with Gasteiger partial charge >= 0.3 is 0 Å². The van der Waals surface area contributed by atoms with Crippen LogP contribution in [0, 0.1) is 5.82 Å². The van der Waals surface area contributed by atoms with Crippen molar-refractivity contribution in [3.8, 4) is 0 Å². The number of hydrogen-bond acceptors (Lipinski definition) is 4. The van der Waals surface area contributed by atoms with Gasteiger partial charge in [-0.25, -0.2) is 14.4 Å². The van der Waals surface area contributed by atoms with E-state index in [0.717, 1.165) is 30.6 Å².